The maximum absolute atomic E-state index is 12.2. The van der Waals surface area contributed by atoms with Gasteiger partial charge >= 0.3 is 6.09 Å². The highest BCUT2D eigenvalue weighted by molar-refractivity contribution is 5.84. The molecule has 0 aliphatic carbocycles. The van der Waals surface area contributed by atoms with E-state index >= 15 is 0 Å². The zero-order valence-electron chi connectivity index (χ0n) is 16.4. The van der Waals surface area contributed by atoms with E-state index in [1.54, 1.807) is 12.3 Å². The van der Waals surface area contributed by atoms with Gasteiger partial charge in [0.1, 0.15) is 17.2 Å². The zero-order valence-corrected chi connectivity index (χ0v) is 16.4. The van der Waals surface area contributed by atoms with Gasteiger partial charge in [-0.05, 0) is 51.4 Å². The summed E-state index contributed by atoms with van der Waals surface area (Å²) in [6.45, 7) is 12.0. The molecule has 1 heterocycles. The number of aromatic nitrogens is 1. The van der Waals surface area contributed by atoms with Crippen LogP contribution in [0.2, 0.25) is 0 Å². The standard InChI is InChI=1S/C19H31N3O3/c1-8-15(23)17(13(2)3)22(7)12-14-9-10-20-16(11-14)21-18(24)25-19(4,5)6/h9-11,13,17H,8,12H2,1-7H3,(H,20,21,24). The largest absolute Gasteiger partial charge is 0.444 e. The predicted molar refractivity (Wildman–Crippen MR) is 99.5 cm³/mol. The van der Waals surface area contributed by atoms with Crippen molar-refractivity contribution < 1.29 is 14.3 Å². The Balaban J connectivity index is 2.80. The molecule has 0 saturated carbocycles. The summed E-state index contributed by atoms with van der Waals surface area (Å²) >= 11 is 0. The number of nitrogens with one attached hydrogen (secondary N) is 1. The number of likely N-dealkylation sites (N-methyl/N-ethyl adjacent to an activating group) is 1. The first kappa shape index (κ1) is 21.1. The molecule has 140 valence electrons. The van der Waals surface area contributed by atoms with Crippen molar-refractivity contribution in [2.75, 3.05) is 12.4 Å². The van der Waals surface area contributed by atoms with Crippen LogP contribution in [-0.2, 0) is 16.1 Å². The first-order valence-corrected chi connectivity index (χ1v) is 8.71. The lowest BCUT2D eigenvalue weighted by molar-refractivity contribution is -0.125. The van der Waals surface area contributed by atoms with Gasteiger partial charge in [-0.3, -0.25) is 15.0 Å². The van der Waals surface area contributed by atoms with E-state index in [0.717, 1.165) is 5.56 Å². The van der Waals surface area contributed by atoms with Gasteiger partial charge in [-0.15, -0.1) is 0 Å². The van der Waals surface area contributed by atoms with Gasteiger partial charge < -0.3 is 4.74 Å². The van der Waals surface area contributed by atoms with Crippen LogP contribution in [-0.4, -0.2) is 40.5 Å². The van der Waals surface area contributed by atoms with Crippen molar-refractivity contribution in [3.63, 3.8) is 0 Å². The normalized spacial score (nSPS) is 13.0. The highest BCUT2D eigenvalue weighted by atomic mass is 16.6. The van der Waals surface area contributed by atoms with E-state index in [2.05, 4.69) is 24.1 Å². The number of carbonyl (C=O) groups excluding carboxylic acids is 2. The molecular weight excluding hydrogens is 318 g/mol. The number of amides is 1. The molecule has 0 aliphatic heterocycles. The van der Waals surface area contributed by atoms with Gasteiger partial charge in [0.15, 0.2) is 0 Å². The molecule has 1 aromatic heterocycles. The Bertz CT molecular complexity index is 594. The van der Waals surface area contributed by atoms with E-state index in [9.17, 15) is 9.59 Å². The topological polar surface area (TPSA) is 71.5 Å². The Hall–Kier alpha value is -1.95. The quantitative estimate of drug-likeness (QED) is 0.809. The third kappa shape index (κ3) is 7.22. The van der Waals surface area contributed by atoms with Gasteiger partial charge in [-0.1, -0.05) is 20.8 Å². The molecule has 1 atom stereocenters. The molecule has 0 saturated heterocycles. The number of carbonyl (C=O) groups is 2. The number of rotatable bonds is 7. The van der Waals surface area contributed by atoms with E-state index in [4.69, 9.17) is 4.74 Å². The minimum atomic E-state index is -0.563. The summed E-state index contributed by atoms with van der Waals surface area (Å²) in [5.74, 6) is 0.903. The monoisotopic (exact) mass is 349 g/mol. The van der Waals surface area contributed by atoms with Crippen molar-refractivity contribution in [2.24, 2.45) is 5.92 Å². The first-order chi connectivity index (χ1) is 11.5. The van der Waals surface area contributed by atoms with Gasteiger partial charge in [-0.25, -0.2) is 9.78 Å². The minimum Gasteiger partial charge on any atom is -0.444 e. The van der Waals surface area contributed by atoms with Crippen LogP contribution in [0.5, 0.6) is 0 Å². The van der Waals surface area contributed by atoms with Crippen LogP contribution >= 0.6 is 0 Å². The van der Waals surface area contributed by atoms with E-state index in [-0.39, 0.29) is 17.7 Å². The molecule has 0 spiro atoms. The summed E-state index contributed by atoms with van der Waals surface area (Å²) in [6, 6.07) is 3.55. The van der Waals surface area contributed by atoms with Crippen molar-refractivity contribution in [3.8, 4) is 0 Å². The molecule has 1 N–H and O–H groups in total. The maximum atomic E-state index is 12.2. The Morgan fingerprint density at radius 3 is 2.48 bits per heavy atom. The van der Waals surface area contributed by atoms with Crippen molar-refractivity contribution in [1.82, 2.24) is 9.88 Å². The van der Waals surface area contributed by atoms with Crippen LogP contribution in [0.25, 0.3) is 0 Å². The van der Waals surface area contributed by atoms with Crippen LogP contribution < -0.4 is 5.32 Å². The Kier molecular flexibility index (Phi) is 7.55. The van der Waals surface area contributed by atoms with Crippen LogP contribution in [0, 0.1) is 5.92 Å². The lowest BCUT2D eigenvalue weighted by atomic mass is 9.96. The fraction of sp³-hybridized carbons (Fsp3) is 0.632. The second-order valence-electron chi connectivity index (χ2n) is 7.60. The third-order valence-electron chi connectivity index (χ3n) is 3.67. The number of ether oxygens (including phenoxy) is 1. The van der Waals surface area contributed by atoms with E-state index in [1.807, 2.05) is 45.7 Å². The maximum Gasteiger partial charge on any atom is 0.413 e. The minimum absolute atomic E-state index is 0.125. The van der Waals surface area contributed by atoms with Crippen molar-refractivity contribution in [3.05, 3.63) is 23.9 Å². The second-order valence-corrected chi connectivity index (χ2v) is 7.60. The number of pyridine rings is 1. The fourth-order valence-corrected chi connectivity index (χ4v) is 2.77. The Labute approximate surface area is 151 Å². The number of nitrogens with zero attached hydrogens (tertiary/aromatic N) is 2. The van der Waals surface area contributed by atoms with E-state index in [1.165, 1.54) is 0 Å². The van der Waals surface area contributed by atoms with E-state index < -0.39 is 11.7 Å². The molecule has 1 amide bonds. The van der Waals surface area contributed by atoms with Gasteiger partial charge in [0.2, 0.25) is 0 Å². The lowest BCUT2D eigenvalue weighted by Crippen LogP contribution is -2.41. The SMILES string of the molecule is CCC(=O)C(C(C)C)N(C)Cc1ccnc(NC(=O)OC(C)(C)C)c1. The number of Topliss-reactive ketones (excluding diaryl/α,β-unsaturated/α-hetero) is 1. The second kappa shape index (κ2) is 8.94. The number of ketones is 1. The number of hydrogen-bond acceptors (Lipinski definition) is 5. The summed E-state index contributed by atoms with van der Waals surface area (Å²) in [6.07, 6.45) is 1.63. The van der Waals surface area contributed by atoms with Crippen LogP contribution in [0.15, 0.2) is 18.3 Å². The first-order valence-electron chi connectivity index (χ1n) is 8.71. The third-order valence-corrected chi connectivity index (χ3v) is 3.67. The highest BCUT2D eigenvalue weighted by Crippen LogP contribution is 2.17. The molecule has 6 nitrogen and oxygen atoms in total. The number of hydrogen-bond donors (Lipinski definition) is 1. The van der Waals surface area contributed by atoms with Gasteiger partial charge in [0.05, 0.1) is 6.04 Å². The molecule has 6 heteroatoms. The van der Waals surface area contributed by atoms with Crippen molar-refractivity contribution >= 4 is 17.7 Å². The average molecular weight is 349 g/mol. The van der Waals surface area contributed by atoms with E-state index in [0.29, 0.717) is 18.8 Å². The molecule has 1 rings (SSSR count). The van der Waals surface area contributed by atoms with Crippen LogP contribution in [0.1, 0.15) is 53.5 Å². The van der Waals surface area contributed by atoms with Crippen LogP contribution in [0.4, 0.5) is 10.6 Å². The lowest BCUT2D eigenvalue weighted by Gasteiger charge is -2.30. The number of anilines is 1. The molecule has 0 aromatic carbocycles. The zero-order chi connectivity index (χ0) is 19.2. The van der Waals surface area contributed by atoms with Gasteiger partial charge in [0.25, 0.3) is 0 Å². The van der Waals surface area contributed by atoms with Crippen LogP contribution in [0.3, 0.4) is 0 Å². The van der Waals surface area contributed by atoms with Gasteiger partial charge in [-0.2, -0.15) is 0 Å². The molecular formula is C19H31N3O3. The Morgan fingerprint density at radius 2 is 1.96 bits per heavy atom. The highest BCUT2D eigenvalue weighted by Gasteiger charge is 2.25. The van der Waals surface area contributed by atoms with Crippen molar-refractivity contribution in [1.29, 1.82) is 0 Å². The summed E-state index contributed by atoms with van der Waals surface area (Å²) < 4.78 is 5.23. The molecule has 1 aromatic rings. The summed E-state index contributed by atoms with van der Waals surface area (Å²) in [5, 5.41) is 2.64. The van der Waals surface area contributed by atoms with Gasteiger partial charge in [0, 0.05) is 19.2 Å². The molecule has 0 aliphatic rings. The molecule has 0 bridgehead atoms. The molecule has 0 fully saturated rings. The fourth-order valence-electron chi connectivity index (χ4n) is 2.77. The summed E-state index contributed by atoms with van der Waals surface area (Å²) in [5.41, 5.74) is 0.408. The summed E-state index contributed by atoms with van der Waals surface area (Å²) in [4.78, 5) is 30.3. The average Bonchev–Trinajstić information content (AvgIpc) is 2.44. The smallest absolute Gasteiger partial charge is 0.413 e. The molecule has 0 radical (unpaired) electrons. The Morgan fingerprint density at radius 1 is 1.32 bits per heavy atom. The molecule has 1 unspecified atom stereocenters. The predicted octanol–water partition coefficient (Wildman–Crippen LogP) is 3.86. The summed E-state index contributed by atoms with van der Waals surface area (Å²) in [7, 11) is 1.94. The van der Waals surface area contributed by atoms with Crippen molar-refractivity contribution in [2.45, 2.75) is 66.2 Å². The molecule has 25 heavy (non-hydrogen) atoms.